The van der Waals surface area contributed by atoms with E-state index >= 15 is 0 Å². The molecule has 1 aliphatic rings. The maximum Gasteiger partial charge on any atom is 0.317 e. The van der Waals surface area contributed by atoms with E-state index in [0.29, 0.717) is 57.6 Å². The number of morpholine rings is 1. The van der Waals surface area contributed by atoms with Gasteiger partial charge in [-0.25, -0.2) is 14.8 Å². The van der Waals surface area contributed by atoms with Crippen molar-refractivity contribution in [3.63, 3.8) is 0 Å². The average Bonchev–Trinajstić information content (AvgIpc) is 3.17. The summed E-state index contributed by atoms with van der Waals surface area (Å²) in [5.41, 5.74) is 8.96. The fourth-order valence-electron chi connectivity index (χ4n) is 4.34. The Labute approximate surface area is 200 Å². The van der Waals surface area contributed by atoms with Gasteiger partial charge in [0.25, 0.3) is 0 Å². The number of nitrogens with one attached hydrogen (secondary N) is 1. The number of hydrogen-bond acceptors (Lipinski definition) is 6. The second-order valence-electron chi connectivity index (χ2n) is 9.19. The van der Waals surface area contributed by atoms with Crippen LogP contribution in [-0.2, 0) is 17.7 Å². The fraction of sp³-hybridized carbons (Fsp3) is 0.560. The van der Waals surface area contributed by atoms with Gasteiger partial charge in [-0.2, -0.15) is 0 Å². The van der Waals surface area contributed by atoms with Crippen LogP contribution >= 0.6 is 0 Å². The second-order valence-corrected chi connectivity index (χ2v) is 9.19. The van der Waals surface area contributed by atoms with Crippen LogP contribution in [-0.4, -0.2) is 64.9 Å². The molecule has 34 heavy (non-hydrogen) atoms. The van der Waals surface area contributed by atoms with Gasteiger partial charge in [-0.05, 0) is 30.9 Å². The number of rotatable bonds is 9. The normalized spacial score (nSPS) is 14.3. The molecule has 0 radical (unpaired) electrons. The number of carbonyl (C=O) groups is 1. The lowest BCUT2D eigenvalue weighted by Crippen LogP contribution is -2.46. The molecule has 2 aromatic heterocycles. The summed E-state index contributed by atoms with van der Waals surface area (Å²) in [4.78, 5) is 23.4. The van der Waals surface area contributed by atoms with Crippen molar-refractivity contribution in [1.29, 1.82) is 0 Å². The Morgan fingerprint density at radius 3 is 2.79 bits per heavy atom. The molecule has 9 heteroatoms. The highest BCUT2D eigenvalue weighted by atomic mass is 16.5. The van der Waals surface area contributed by atoms with Crippen LogP contribution in [0.2, 0.25) is 0 Å². The van der Waals surface area contributed by atoms with Gasteiger partial charge in [-0.1, -0.05) is 20.8 Å². The number of nitrogens with two attached hydrogens (primary N) is 1. The Hall–Kier alpha value is -3.07. The number of benzene rings is 1. The molecule has 9 nitrogen and oxygen atoms in total. The molecule has 0 unspecified atom stereocenters. The van der Waals surface area contributed by atoms with Gasteiger partial charge in [0.2, 0.25) is 0 Å². The maximum atomic E-state index is 12.1. The molecule has 0 bridgehead atoms. The number of ether oxygens (including phenoxy) is 2. The SMILES string of the molecule is CCCc1nc2c(N)nc3cc(OCCCNC(=O)N4CCOCC4)ccc3c2n1CC(C)C. The molecule has 2 amide bonds. The van der Waals surface area contributed by atoms with E-state index in [4.69, 9.17) is 20.2 Å². The molecule has 1 aromatic carbocycles. The van der Waals surface area contributed by atoms with Crippen molar-refractivity contribution < 1.29 is 14.3 Å². The Kier molecular flexibility index (Phi) is 7.72. The summed E-state index contributed by atoms with van der Waals surface area (Å²) in [7, 11) is 0. The van der Waals surface area contributed by atoms with E-state index in [1.807, 2.05) is 18.2 Å². The first-order valence-electron chi connectivity index (χ1n) is 12.3. The fourth-order valence-corrected chi connectivity index (χ4v) is 4.34. The van der Waals surface area contributed by atoms with Gasteiger partial charge in [0.1, 0.15) is 17.1 Å². The van der Waals surface area contributed by atoms with E-state index in [0.717, 1.165) is 52.9 Å². The highest BCUT2D eigenvalue weighted by Crippen LogP contribution is 2.31. The van der Waals surface area contributed by atoms with Crippen LogP contribution in [0.25, 0.3) is 21.9 Å². The lowest BCUT2D eigenvalue weighted by Gasteiger charge is -2.26. The molecule has 1 saturated heterocycles. The third-order valence-electron chi connectivity index (χ3n) is 5.94. The second kappa shape index (κ2) is 10.9. The Morgan fingerprint density at radius 2 is 2.06 bits per heavy atom. The molecule has 3 heterocycles. The molecule has 0 aliphatic carbocycles. The van der Waals surface area contributed by atoms with Crippen LogP contribution in [0.4, 0.5) is 10.6 Å². The number of aromatic nitrogens is 3. The molecule has 0 spiro atoms. The minimum absolute atomic E-state index is 0.0434. The molecule has 4 rings (SSSR count). The minimum Gasteiger partial charge on any atom is -0.493 e. The minimum atomic E-state index is -0.0434. The van der Waals surface area contributed by atoms with Gasteiger partial charge in [0, 0.05) is 44.1 Å². The van der Waals surface area contributed by atoms with Crippen molar-refractivity contribution in [3.05, 3.63) is 24.0 Å². The number of nitrogens with zero attached hydrogens (tertiary/aromatic N) is 4. The third-order valence-corrected chi connectivity index (χ3v) is 5.94. The lowest BCUT2D eigenvalue weighted by molar-refractivity contribution is 0.0532. The van der Waals surface area contributed by atoms with Crippen LogP contribution in [0, 0.1) is 5.92 Å². The monoisotopic (exact) mass is 468 g/mol. The van der Waals surface area contributed by atoms with Gasteiger partial charge < -0.3 is 30.0 Å². The predicted octanol–water partition coefficient (Wildman–Crippen LogP) is 3.59. The van der Waals surface area contributed by atoms with Crippen molar-refractivity contribution in [2.45, 2.75) is 46.6 Å². The molecule has 0 atom stereocenters. The van der Waals surface area contributed by atoms with Gasteiger partial charge in [0.05, 0.1) is 30.9 Å². The van der Waals surface area contributed by atoms with Crippen LogP contribution in [0.5, 0.6) is 5.75 Å². The highest BCUT2D eigenvalue weighted by molar-refractivity contribution is 6.06. The molecule has 1 fully saturated rings. The Morgan fingerprint density at radius 1 is 1.26 bits per heavy atom. The van der Waals surface area contributed by atoms with Crippen molar-refractivity contribution in [3.8, 4) is 5.75 Å². The molecular weight excluding hydrogens is 432 g/mol. The standard InChI is InChI=1S/C25H36N6O3/c1-4-6-21-29-22-23(31(21)16-17(2)3)19-8-7-18(15-20(19)28-24(22)26)34-12-5-9-27-25(32)30-10-13-33-14-11-30/h7-8,15,17H,4-6,9-14,16H2,1-3H3,(H2,26,28)(H,27,32). The number of urea groups is 1. The number of anilines is 1. The summed E-state index contributed by atoms with van der Waals surface area (Å²) < 4.78 is 13.5. The Bertz CT molecular complexity index is 1140. The summed E-state index contributed by atoms with van der Waals surface area (Å²) in [6, 6.07) is 5.91. The topological polar surface area (TPSA) is 108 Å². The Balaban J connectivity index is 1.45. The number of fused-ring (bicyclic) bond motifs is 3. The maximum absolute atomic E-state index is 12.1. The number of pyridine rings is 1. The number of aryl methyl sites for hydroxylation is 1. The van der Waals surface area contributed by atoms with Gasteiger partial charge in [-0.15, -0.1) is 0 Å². The van der Waals surface area contributed by atoms with Crippen molar-refractivity contribution in [1.82, 2.24) is 24.8 Å². The summed E-state index contributed by atoms with van der Waals surface area (Å²) in [5.74, 6) is 2.74. The van der Waals surface area contributed by atoms with Crippen molar-refractivity contribution in [2.24, 2.45) is 5.92 Å². The molecular formula is C25H36N6O3. The molecule has 184 valence electrons. The van der Waals surface area contributed by atoms with E-state index in [2.05, 4.69) is 35.6 Å². The van der Waals surface area contributed by atoms with Crippen LogP contribution < -0.4 is 15.8 Å². The van der Waals surface area contributed by atoms with E-state index in [1.54, 1.807) is 4.90 Å². The van der Waals surface area contributed by atoms with E-state index in [9.17, 15) is 4.79 Å². The average molecular weight is 469 g/mol. The summed E-state index contributed by atoms with van der Waals surface area (Å²) in [6.07, 6.45) is 2.65. The van der Waals surface area contributed by atoms with Gasteiger partial charge in [-0.3, -0.25) is 0 Å². The first-order valence-corrected chi connectivity index (χ1v) is 12.3. The van der Waals surface area contributed by atoms with Crippen molar-refractivity contribution >= 4 is 33.8 Å². The molecule has 0 saturated carbocycles. The number of imidazole rings is 1. The summed E-state index contributed by atoms with van der Waals surface area (Å²) in [5, 5.41) is 3.98. The molecule has 3 N–H and O–H groups in total. The van der Waals surface area contributed by atoms with Crippen LogP contribution in [0.3, 0.4) is 0 Å². The first kappa shape index (κ1) is 24.1. The van der Waals surface area contributed by atoms with E-state index in [1.165, 1.54) is 0 Å². The zero-order chi connectivity index (χ0) is 24.1. The third kappa shape index (κ3) is 5.35. The highest BCUT2D eigenvalue weighted by Gasteiger charge is 2.18. The lowest BCUT2D eigenvalue weighted by atomic mass is 10.1. The summed E-state index contributed by atoms with van der Waals surface area (Å²) in [6.45, 7) is 11.0. The molecule has 1 aliphatic heterocycles. The van der Waals surface area contributed by atoms with E-state index in [-0.39, 0.29) is 6.03 Å². The summed E-state index contributed by atoms with van der Waals surface area (Å²) >= 11 is 0. The largest absolute Gasteiger partial charge is 0.493 e. The zero-order valence-electron chi connectivity index (χ0n) is 20.5. The molecule has 3 aromatic rings. The number of nitrogen functional groups attached to an aromatic ring is 1. The zero-order valence-corrected chi connectivity index (χ0v) is 20.5. The van der Waals surface area contributed by atoms with Crippen LogP contribution in [0.15, 0.2) is 18.2 Å². The van der Waals surface area contributed by atoms with Gasteiger partial charge in [0.15, 0.2) is 5.82 Å². The van der Waals surface area contributed by atoms with Crippen LogP contribution in [0.1, 0.15) is 39.4 Å². The number of carbonyl (C=O) groups excluding carboxylic acids is 1. The quantitative estimate of drug-likeness (QED) is 0.465. The number of amides is 2. The first-order chi connectivity index (χ1) is 16.5. The predicted molar refractivity (Wildman–Crippen MR) is 134 cm³/mol. The van der Waals surface area contributed by atoms with Crippen molar-refractivity contribution in [2.75, 3.05) is 45.2 Å². The van der Waals surface area contributed by atoms with E-state index < -0.39 is 0 Å². The number of hydrogen-bond donors (Lipinski definition) is 2. The smallest absolute Gasteiger partial charge is 0.317 e. The van der Waals surface area contributed by atoms with Gasteiger partial charge >= 0.3 is 6.03 Å².